The molecule has 8 heteroatoms. The molecule has 0 saturated carbocycles. The Morgan fingerprint density at radius 3 is 2.48 bits per heavy atom. The molecule has 1 unspecified atom stereocenters. The van der Waals surface area contributed by atoms with E-state index >= 15 is 0 Å². The second kappa shape index (κ2) is 8.47. The van der Waals surface area contributed by atoms with E-state index in [1.807, 2.05) is 6.07 Å². The molecule has 1 atom stereocenters. The summed E-state index contributed by atoms with van der Waals surface area (Å²) in [4.78, 5) is 21.2. The van der Waals surface area contributed by atoms with Crippen molar-refractivity contribution in [2.24, 2.45) is 7.05 Å². The molecule has 2 N–H and O–H groups in total. The van der Waals surface area contributed by atoms with Crippen molar-refractivity contribution in [3.63, 3.8) is 0 Å². The lowest BCUT2D eigenvalue weighted by Crippen LogP contribution is -2.45. The van der Waals surface area contributed by atoms with Gasteiger partial charge in [0.25, 0.3) is 5.56 Å². The van der Waals surface area contributed by atoms with E-state index in [0.29, 0.717) is 16.6 Å². The summed E-state index contributed by atoms with van der Waals surface area (Å²) in [7, 11) is 1.80. The lowest BCUT2D eigenvalue weighted by atomic mass is 10.2. The molecule has 1 saturated heterocycles. The van der Waals surface area contributed by atoms with Crippen LogP contribution in [0.1, 0.15) is 18.8 Å². The van der Waals surface area contributed by atoms with Gasteiger partial charge in [0.2, 0.25) is 0 Å². The van der Waals surface area contributed by atoms with Crippen LogP contribution in [-0.4, -0.2) is 44.9 Å². The third kappa shape index (κ3) is 4.35. The Kier molecular flexibility index (Phi) is 5.96. The molecule has 1 aliphatic heterocycles. The Hall–Kier alpha value is -1.87. The van der Waals surface area contributed by atoms with Crippen LogP contribution in [0.25, 0.3) is 10.9 Å². The minimum Gasteiger partial charge on any atom is -0.399 e. The van der Waals surface area contributed by atoms with Gasteiger partial charge in [-0.15, -0.1) is 0 Å². The van der Waals surface area contributed by atoms with Gasteiger partial charge < -0.3 is 5.73 Å². The first kappa shape index (κ1) is 20.4. The topological polar surface area (TPSA) is 67.4 Å². The van der Waals surface area contributed by atoms with Gasteiger partial charge in [0.15, 0.2) is 0 Å². The first-order chi connectivity index (χ1) is 13.9. The van der Waals surface area contributed by atoms with Crippen LogP contribution in [0.5, 0.6) is 0 Å². The summed E-state index contributed by atoms with van der Waals surface area (Å²) >= 11 is 5.27. The zero-order valence-electron chi connectivity index (χ0n) is 16.5. The normalized spacial score (nSPS) is 16.9. The summed E-state index contributed by atoms with van der Waals surface area (Å²) in [5.41, 5.74) is 7.07. The number of fused-ring (bicyclic) bond motifs is 1. The number of halogens is 1. The third-order valence-electron chi connectivity index (χ3n) is 5.38. The smallest absolute Gasteiger partial charge is 0.261 e. The molecule has 6 nitrogen and oxygen atoms in total. The molecule has 29 heavy (non-hydrogen) atoms. The molecule has 1 aliphatic rings. The van der Waals surface area contributed by atoms with Gasteiger partial charge in [-0.2, -0.15) is 0 Å². The summed E-state index contributed by atoms with van der Waals surface area (Å²) < 4.78 is 5.15. The second-order valence-electron chi connectivity index (χ2n) is 7.30. The van der Waals surface area contributed by atoms with Crippen molar-refractivity contribution in [2.75, 3.05) is 31.9 Å². The van der Waals surface area contributed by atoms with Crippen LogP contribution in [0.2, 0.25) is 0 Å². The first-order valence-corrected chi connectivity index (χ1v) is 11.2. The second-order valence-corrected chi connectivity index (χ2v) is 9.38. The number of aromatic nitrogens is 2. The van der Waals surface area contributed by atoms with Crippen molar-refractivity contribution in [1.29, 1.82) is 0 Å². The third-order valence-corrected chi connectivity index (χ3v) is 7.01. The number of nitrogens with zero attached hydrogens (tertiary/aromatic N) is 4. The maximum Gasteiger partial charge on any atom is 0.261 e. The quantitative estimate of drug-likeness (QED) is 0.460. The minimum atomic E-state index is -0.0476. The predicted octanol–water partition coefficient (Wildman–Crippen LogP) is 3.66. The van der Waals surface area contributed by atoms with Gasteiger partial charge in [-0.25, -0.2) is 9.29 Å². The van der Waals surface area contributed by atoms with Gasteiger partial charge in [0.1, 0.15) is 5.82 Å². The SMILES string of the molecule is CC(c1nc2ccc(N)cc2c(=O)n1C)N1CCN(Sc2ccc(Br)cc2)CC1. The number of anilines is 1. The van der Waals surface area contributed by atoms with Gasteiger partial charge in [-0.05, 0) is 61.3 Å². The summed E-state index contributed by atoms with van der Waals surface area (Å²) in [6.45, 7) is 5.91. The van der Waals surface area contributed by atoms with Gasteiger partial charge in [-0.3, -0.25) is 14.3 Å². The van der Waals surface area contributed by atoms with E-state index in [0.717, 1.165) is 36.5 Å². The molecule has 0 radical (unpaired) electrons. The molecule has 4 rings (SSSR count). The fourth-order valence-corrected chi connectivity index (χ4v) is 4.84. The summed E-state index contributed by atoms with van der Waals surface area (Å²) in [6, 6.07) is 13.8. The average molecular weight is 474 g/mol. The minimum absolute atomic E-state index is 0.0476. The van der Waals surface area contributed by atoms with Gasteiger partial charge in [0.05, 0.1) is 16.9 Å². The number of nitrogen functional groups attached to an aromatic ring is 1. The Morgan fingerprint density at radius 1 is 1.10 bits per heavy atom. The highest BCUT2D eigenvalue weighted by Gasteiger charge is 2.25. The van der Waals surface area contributed by atoms with Crippen LogP contribution in [0.3, 0.4) is 0 Å². The van der Waals surface area contributed by atoms with Crippen LogP contribution >= 0.6 is 27.9 Å². The number of hydrogen-bond donors (Lipinski definition) is 1. The molecule has 0 aliphatic carbocycles. The lowest BCUT2D eigenvalue weighted by Gasteiger charge is -2.37. The summed E-state index contributed by atoms with van der Waals surface area (Å²) in [6.07, 6.45) is 0. The fraction of sp³-hybridized carbons (Fsp3) is 0.333. The van der Waals surface area contributed by atoms with Crippen LogP contribution in [0.4, 0.5) is 5.69 Å². The number of piperazine rings is 1. The van der Waals surface area contributed by atoms with Crippen molar-refractivity contribution in [3.05, 3.63) is 63.1 Å². The zero-order chi connectivity index (χ0) is 20.5. The molecule has 1 fully saturated rings. The van der Waals surface area contributed by atoms with Crippen molar-refractivity contribution in [2.45, 2.75) is 17.9 Å². The zero-order valence-corrected chi connectivity index (χ0v) is 18.9. The summed E-state index contributed by atoms with van der Waals surface area (Å²) in [5, 5.41) is 0.569. The highest BCUT2D eigenvalue weighted by Crippen LogP contribution is 2.28. The lowest BCUT2D eigenvalue weighted by molar-refractivity contribution is 0.144. The van der Waals surface area contributed by atoms with E-state index in [4.69, 9.17) is 10.7 Å². The number of benzene rings is 2. The van der Waals surface area contributed by atoms with E-state index in [2.05, 4.69) is 56.3 Å². The molecule has 2 aromatic carbocycles. The summed E-state index contributed by atoms with van der Waals surface area (Å²) in [5.74, 6) is 0.793. The highest BCUT2D eigenvalue weighted by atomic mass is 79.9. The monoisotopic (exact) mass is 473 g/mol. The number of nitrogens with two attached hydrogens (primary N) is 1. The van der Waals surface area contributed by atoms with Crippen LogP contribution in [0, 0.1) is 0 Å². The van der Waals surface area contributed by atoms with E-state index in [1.165, 1.54) is 4.90 Å². The maximum absolute atomic E-state index is 12.8. The van der Waals surface area contributed by atoms with Gasteiger partial charge in [0, 0.05) is 48.3 Å². The molecule has 0 spiro atoms. The van der Waals surface area contributed by atoms with Gasteiger partial charge >= 0.3 is 0 Å². The Balaban J connectivity index is 1.47. The van der Waals surface area contributed by atoms with Crippen LogP contribution < -0.4 is 11.3 Å². The van der Waals surface area contributed by atoms with Crippen molar-refractivity contribution in [1.82, 2.24) is 18.8 Å². The highest BCUT2D eigenvalue weighted by molar-refractivity contribution is 9.10. The largest absolute Gasteiger partial charge is 0.399 e. The Morgan fingerprint density at radius 2 is 1.79 bits per heavy atom. The van der Waals surface area contributed by atoms with Gasteiger partial charge in [-0.1, -0.05) is 15.9 Å². The molecule has 3 aromatic rings. The maximum atomic E-state index is 12.8. The van der Waals surface area contributed by atoms with Crippen molar-refractivity contribution in [3.8, 4) is 0 Å². The Labute approximate surface area is 183 Å². The molecule has 152 valence electrons. The van der Waals surface area contributed by atoms with Crippen molar-refractivity contribution < 1.29 is 0 Å². The standard InChI is InChI=1S/C21H24BrN5OS/c1-14(20-24-19-8-5-16(23)13-18(19)21(28)25(20)2)26-9-11-27(12-10-26)29-17-6-3-15(22)4-7-17/h3-8,13-14H,9-12,23H2,1-2H3. The molecule has 2 heterocycles. The number of rotatable bonds is 4. The molecule has 0 amide bonds. The van der Waals surface area contributed by atoms with E-state index in [9.17, 15) is 4.79 Å². The molecule has 1 aromatic heterocycles. The molecular weight excluding hydrogens is 450 g/mol. The van der Waals surface area contributed by atoms with Crippen LogP contribution in [-0.2, 0) is 7.05 Å². The Bertz CT molecular complexity index is 1080. The first-order valence-electron chi connectivity index (χ1n) is 9.61. The average Bonchev–Trinajstić information content (AvgIpc) is 2.73. The molecular formula is C21H24BrN5OS. The van der Waals surface area contributed by atoms with E-state index in [1.54, 1.807) is 35.7 Å². The van der Waals surface area contributed by atoms with E-state index < -0.39 is 0 Å². The van der Waals surface area contributed by atoms with E-state index in [-0.39, 0.29) is 11.6 Å². The number of hydrogen-bond acceptors (Lipinski definition) is 6. The van der Waals surface area contributed by atoms with Crippen molar-refractivity contribution >= 4 is 44.5 Å². The molecule has 0 bridgehead atoms. The predicted molar refractivity (Wildman–Crippen MR) is 123 cm³/mol. The fourth-order valence-electron chi connectivity index (χ4n) is 3.67. The van der Waals surface area contributed by atoms with Crippen LogP contribution in [0.15, 0.2) is 56.6 Å².